The summed E-state index contributed by atoms with van der Waals surface area (Å²) in [7, 11) is -3.82. The lowest BCUT2D eigenvalue weighted by Gasteiger charge is -2.26. The molecule has 2 heterocycles. The Morgan fingerprint density at radius 1 is 1.27 bits per heavy atom. The Balaban J connectivity index is 1.52. The van der Waals surface area contributed by atoms with Gasteiger partial charge in [-0.1, -0.05) is 18.2 Å². The maximum Gasteiger partial charge on any atom is 0.428 e. The number of aliphatic hydroxyl groups is 1. The number of nitrogens with zero attached hydrogens (tertiary/aromatic N) is 2. The van der Waals surface area contributed by atoms with Gasteiger partial charge in [-0.25, -0.2) is 22.4 Å². The van der Waals surface area contributed by atoms with E-state index in [1.165, 1.54) is 12.1 Å². The molecule has 2 fully saturated rings. The van der Waals surface area contributed by atoms with Crippen LogP contribution in [0.15, 0.2) is 41.3 Å². The van der Waals surface area contributed by atoms with Crippen molar-refractivity contribution < 1.29 is 42.1 Å². The molecule has 2 N–H and O–H groups in total. The fourth-order valence-electron chi connectivity index (χ4n) is 5.71. The molecule has 5 rings (SSSR count). The van der Waals surface area contributed by atoms with Crippen molar-refractivity contribution in [3.63, 3.8) is 0 Å². The molecule has 2 aliphatic heterocycles. The number of carboxylic acids is 1. The van der Waals surface area contributed by atoms with Crippen molar-refractivity contribution in [1.82, 2.24) is 4.90 Å². The number of carbonyl (C=O) groups is 2. The number of likely N-dealkylation sites (tertiary alicyclic amines) is 1. The summed E-state index contributed by atoms with van der Waals surface area (Å²) in [5, 5.41) is 20.4. The van der Waals surface area contributed by atoms with Gasteiger partial charge < -0.3 is 19.7 Å². The molecule has 0 unspecified atom stereocenters. The van der Waals surface area contributed by atoms with Gasteiger partial charge in [-0.3, -0.25) is 4.90 Å². The number of rotatable bonds is 8. The molecule has 3 atom stereocenters. The molecule has 0 spiro atoms. The zero-order valence-corrected chi connectivity index (χ0v) is 23.9. The standard InChI is InChI=1S/C29H33FN2O8S/c1-29(2,36)19-10-12-31(15-19)11-4-5-17-13-20(30)6-9-24(17)41(37,38)32(28(35)39-3)23-8-7-21-22-14-18(22)16-40-26(21)25(23)27(33)34/h4-9,13,18-19,22,36H,10-12,14-16H2,1-3H3,(H,33,34)/t18-,19+,22-/m0/s1. The van der Waals surface area contributed by atoms with Gasteiger partial charge in [0.05, 0.1) is 29.9 Å². The monoisotopic (exact) mass is 588 g/mol. The number of amides is 1. The second kappa shape index (κ2) is 10.7. The zero-order chi connectivity index (χ0) is 29.7. The molecule has 1 aliphatic carbocycles. The summed E-state index contributed by atoms with van der Waals surface area (Å²) >= 11 is 0. The maximum absolute atomic E-state index is 14.3. The van der Waals surface area contributed by atoms with E-state index in [1.807, 2.05) is 0 Å². The number of ether oxygens (including phenoxy) is 2. The van der Waals surface area contributed by atoms with Crippen LogP contribution in [0.1, 0.15) is 54.1 Å². The molecule has 1 saturated carbocycles. The largest absolute Gasteiger partial charge is 0.492 e. The zero-order valence-electron chi connectivity index (χ0n) is 23.0. The lowest BCUT2D eigenvalue weighted by Crippen LogP contribution is -2.38. The van der Waals surface area contributed by atoms with Gasteiger partial charge >= 0.3 is 12.1 Å². The first kappa shape index (κ1) is 29.0. The number of carbonyl (C=O) groups excluding carboxylic acids is 1. The number of benzene rings is 2. The third-order valence-electron chi connectivity index (χ3n) is 8.13. The van der Waals surface area contributed by atoms with Crippen molar-refractivity contribution in [2.24, 2.45) is 11.8 Å². The van der Waals surface area contributed by atoms with Crippen molar-refractivity contribution in [2.45, 2.75) is 43.1 Å². The van der Waals surface area contributed by atoms with Gasteiger partial charge in [0.25, 0.3) is 10.0 Å². The molecular weight excluding hydrogens is 555 g/mol. The number of fused-ring (bicyclic) bond motifs is 3. The van der Waals surface area contributed by atoms with E-state index in [4.69, 9.17) is 9.47 Å². The molecule has 0 bridgehead atoms. The molecule has 0 radical (unpaired) electrons. The molecule has 3 aliphatic rings. The Morgan fingerprint density at radius 3 is 2.68 bits per heavy atom. The maximum atomic E-state index is 14.3. The van der Waals surface area contributed by atoms with Crippen LogP contribution in [0.5, 0.6) is 5.75 Å². The summed E-state index contributed by atoms with van der Waals surface area (Å²) < 4.78 is 53.2. The predicted octanol–water partition coefficient (Wildman–Crippen LogP) is 4.09. The lowest BCUT2D eigenvalue weighted by atomic mass is 9.90. The molecule has 2 aromatic rings. The number of aromatic carboxylic acids is 1. The number of anilines is 1. The number of hydrogen-bond donors (Lipinski definition) is 2. The van der Waals surface area contributed by atoms with Crippen LogP contribution >= 0.6 is 0 Å². The summed E-state index contributed by atoms with van der Waals surface area (Å²) in [6.45, 7) is 5.65. The van der Waals surface area contributed by atoms with E-state index in [1.54, 1.807) is 26.0 Å². The summed E-state index contributed by atoms with van der Waals surface area (Å²) in [5.74, 6) is -1.63. The van der Waals surface area contributed by atoms with Crippen LogP contribution in [0.3, 0.4) is 0 Å². The van der Waals surface area contributed by atoms with Crippen molar-refractivity contribution in [3.8, 4) is 5.75 Å². The summed E-state index contributed by atoms with van der Waals surface area (Å²) in [6, 6.07) is 5.87. The molecule has 1 saturated heterocycles. The minimum absolute atomic E-state index is 0.0240. The fraction of sp³-hybridized carbons (Fsp3) is 0.448. The highest BCUT2D eigenvalue weighted by molar-refractivity contribution is 7.93. The number of halogens is 1. The third-order valence-corrected chi connectivity index (χ3v) is 9.88. The quantitative estimate of drug-likeness (QED) is 0.468. The number of carboxylic acid groups (broad SMARTS) is 1. The Morgan fingerprint density at radius 2 is 2.02 bits per heavy atom. The van der Waals surface area contributed by atoms with Crippen LogP contribution in [0.2, 0.25) is 0 Å². The molecule has 2 aromatic carbocycles. The van der Waals surface area contributed by atoms with Crippen LogP contribution in [-0.4, -0.2) is 74.5 Å². The normalized spacial score (nSPS) is 22.1. The fourth-order valence-corrected chi connectivity index (χ4v) is 7.25. The smallest absolute Gasteiger partial charge is 0.428 e. The predicted molar refractivity (Wildman–Crippen MR) is 148 cm³/mol. The van der Waals surface area contributed by atoms with Crippen molar-refractivity contribution in [1.29, 1.82) is 0 Å². The van der Waals surface area contributed by atoms with Gasteiger partial charge in [0.1, 0.15) is 17.1 Å². The highest BCUT2D eigenvalue weighted by Crippen LogP contribution is 2.55. The van der Waals surface area contributed by atoms with Crippen molar-refractivity contribution in [2.75, 3.05) is 37.7 Å². The number of methoxy groups -OCH3 is 1. The highest BCUT2D eigenvalue weighted by Gasteiger charge is 2.47. The van der Waals surface area contributed by atoms with Crippen LogP contribution in [0.4, 0.5) is 14.9 Å². The molecule has 41 heavy (non-hydrogen) atoms. The van der Waals surface area contributed by atoms with E-state index in [2.05, 4.69) is 4.90 Å². The summed E-state index contributed by atoms with van der Waals surface area (Å²) in [6.07, 6.45) is 3.45. The average molecular weight is 589 g/mol. The SMILES string of the molecule is COC(=O)N(c1ccc2c(c1C(=O)O)OC[C@@H]1C[C@H]21)S(=O)(=O)c1ccc(F)cc1C=CCN1CC[C@@H](C(C)(C)O)C1. The lowest BCUT2D eigenvalue weighted by molar-refractivity contribution is 0.0215. The van der Waals surface area contributed by atoms with E-state index < -0.39 is 49.7 Å². The first-order valence-corrected chi connectivity index (χ1v) is 14.8. The molecule has 10 nitrogen and oxygen atoms in total. The molecular formula is C29H33FN2O8S. The first-order valence-electron chi connectivity index (χ1n) is 13.4. The van der Waals surface area contributed by atoms with Gasteiger partial charge in [0.2, 0.25) is 0 Å². The number of sulfonamides is 1. The van der Waals surface area contributed by atoms with E-state index in [0.29, 0.717) is 25.3 Å². The molecule has 12 heteroatoms. The second-order valence-electron chi connectivity index (χ2n) is 11.3. The van der Waals surface area contributed by atoms with Gasteiger partial charge in [0.15, 0.2) is 0 Å². The Labute approximate surface area is 238 Å². The van der Waals surface area contributed by atoms with Crippen LogP contribution < -0.4 is 9.04 Å². The first-order chi connectivity index (χ1) is 19.3. The molecule has 1 amide bonds. The third kappa shape index (κ3) is 5.55. The Kier molecular flexibility index (Phi) is 7.60. The van der Waals surface area contributed by atoms with Crippen molar-refractivity contribution >= 4 is 33.8 Å². The second-order valence-corrected chi connectivity index (χ2v) is 13.1. The van der Waals surface area contributed by atoms with Gasteiger partial charge in [-0.15, -0.1) is 0 Å². The van der Waals surface area contributed by atoms with Gasteiger partial charge in [0, 0.05) is 24.9 Å². The van der Waals surface area contributed by atoms with Crippen molar-refractivity contribution in [3.05, 3.63) is 58.9 Å². The molecule has 220 valence electrons. The van der Waals surface area contributed by atoms with Crippen LogP contribution in [0, 0.1) is 17.7 Å². The number of hydrogen-bond acceptors (Lipinski definition) is 8. The van der Waals surface area contributed by atoms with Crippen LogP contribution in [0.25, 0.3) is 6.08 Å². The Hall–Kier alpha value is -3.48. The average Bonchev–Trinajstić information content (AvgIpc) is 3.54. The molecule has 0 aromatic heterocycles. The summed E-state index contributed by atoms with van der Waals surface area (Å²) in [5.41, 5.74) is -1.09. The topological polar surface area (TPSA) is 134 Å². The van der Waals surface area contributed by atoms with E-state index >= 15 is 0 Å². The minimum Gasteiger partial charge on any atom is -0.492 e. The van der Waals surface area contributed by atoms with E-state index in [9.17, 15) is 32.6 Å². The van der Waals surface area contributed by atoms with E-state index in [-0.39, 0.29) is 33.4 Å². The van der Waals surface area contributed by atoms with Crippen LogP contribution in [-0.2, 0) is 14.8 Å². The highest BCUT2D eigenvalue weighted by atomic mass is 32.2. The summed E-state index contributed by atoms with van der Waals surface area (Å²) in [4.78, 5) is 27.1. The van der Waals surface area contributed by atoms with Gasteiger partial charge in [-0.05, 0) is 74.5 Å². The Bertz CT molecular complexity index is 1520. The van der Waals surface area contributed by atoms with Gasteiger partial charge in [-0.2, -0.15) is 4.31 Å². The van der Waals surface area contributed by atoms with E-state index in [0.717, 1.165) is 44.7 Å². The minimum atomic E-state index is -4.80.